The quantitative estimate of drug-likeness (QED) is 0.227. The molecule has 1 aliphatic rings. The molecule has 1 unspecified atom stereocenters. The molecule has 0 radical (unpaired) electrons. The van der Waals surface area contributed by atoms with E-state index in [9.17, 15) is 14.0 Å². The van der Waals surface area contributed by atoms with Gasteiger partial charge in [0.15, 0.2) is 11.5 Å². The fourth-order valence-corrected chi connectivity index (χ4v) is 5.15. The third-order valence-electron chi connectivity index (χ3n) is 5.73. The van der Waals surface area contributed by atoms with Crippen LogP contribution in [0.25, 0.3) is 6.08 Å². The van der Waals surface area contributed by atoms with Crippen molar-refractivity contribution in [1.82, 2.24) is 4.90 Å². The van der Waals surface area contributed by atoms with Gasteiger partial charge in [0.05, 0.1) is 18.1 Å². The zero-order valence-electron chi connectivity index (χ0n) is 21.0. The van der Waals surface area contributed by atoms with Crippen LogP contribution in [0.2, 0.25) is 0 Å². The summed E-state index contributed by atoms with van der Waals surface area (Å²) in [5.41, 5.74) is 2.35. The van der Waals surface area contributed by atoms with Gasteiger partial charge in [0.1, 0.15) is 22.8 Å². The van der Waals surface area contributed by atoms with Gasteiger partial charge in [-0.1, -0.05) is 72.5 Å². The van der Waals surface area contributed by atoms with E-state index in [0.717, 1.165) is 27.8 Å². The number of ether oxygens (including phenoxy) is 3. The Morgan fingerprint density at radius 1 is 1.10 bits per heavy atom. The molecule has 0 spiro atoms. The molecule has 3 aromatic rings. The number of thiocarbonyl (C=S) groups is 1. The molecule has 4 rings (SSSR count). The second-order valence-corrected chi connectivity index (χ2v) is 10.2. The Morgan fingerprint density at radius 2 is 1.90 bits per heavy atom. The Labute approximate surface area is 235 Å². The van der Waals surface area contributed by atoms with Gasteiger partial charge in [-0.25, -0.2) is 4.39 Å². The van der Waals surface area contributed by atoms with Gasteiger partial charge >= 0.3 is 5.97 Å². The lowest BCUT2D eigenvalue weighted by molar-refractivity contribution is -0.140. The molecule has 10 heteroatoms. The van der Waals surface area contributed by atoms with Gasteiger partial charge in [-0.2, -0.15) is 0 Å². The van der Waals surface area contributed by atoms with Crippen molar-refractivity contribution in [1.29, 1.82) is 0 Å². The molecular weight excluding hydrogens is 541 g/mol. The summed E-state index contributed by atoms with van der Waals surface area (Å²) in [7, 11) is 1.59. The van der Waals surface area contributed by atoms with E-state index in [4.69, 9.17) is 31.5 Å². The maximum Gasteiger partial charge on any atom is 0.323 e. The fourth-order valence-electron chi connectivity index (χ4n) is 3.89. The van der Waals surface area contributed by atoms with E-state index in [1.807, 2.05) is 36.4 Å². The zero-order chi connectivity index (χ0) is 27.8. The summed E-state index contributed by atoms with van der Waals surface area (Å²) in [4.78, 5) is 25.2. The standard InChI is InChI=1S/C29H26FNO6S2/c1-35-18-25(21-7-3-2-4-8-21)37-24-15-20(16-26-28(34)31(17-27(32)33)29(38)39-26)10-11-23(24)36-13-12-19-6-5-9-22(30)14-19/h2-11,14-16,25H,12-13,17-18H2,1H3,(H,32,33). The summed E-state index contributed by atoms with van der Waals surface area (Å²) in [6.07, 6.45) is 1.69. The number of carboxylic acid groups (broad SMARTS) is 1. The highest BCUT2D eigenvalue weighted by atomic mass is 32.2. The van der Waals surface area contributed by atoms with Crippen LogP contribution >= 0.6 is 24.0 Å². The number of aliphatic carboxylic acids is 1. The number of benzene rings is 3. The minimum absolute atomic E-state index is 0.187. The SMILES string of the molecule is COCC(Oc1cc(C=C2SC(=S)N(CC(=O)O)C2=O)ccc1OCCc1cccc(F)c1)c1ccccc1. The number of carbonyl (C=O) groups is 2. The number of hydrogen-bond acceptors (Lipinski definition) is 7. The van der Waals surface area contributed by atoms with Crippen LogP contribution in [0.5, 0.6) is 11.5 Å². The number of carbonyl (C=O) groups excluding carboxylic acids is 1. The molecule has 39 heavy (non-hydrogen) atoms. The number of carboxylic acids is 1. The zero-order valence-corrected chi connectivity index (χ0v) is 22.7. The monoisotopic (exact) mass is 567 g/mol. The number of halogens is 1. The van der Waals surface area contributed by atoms with Crippen molar-refractivity contribution in [2.75, 3.05) is 26.9 Å². The average molecular weight is 568 g/mol. The molecule has 1 heterocycles. The van der Waals surface area contributed by atoms with Crippen molar-refractivity contribution in [2.24, 2.45) is 0 Å². The van der Waals surface area contributed by atoms with Crippen LogP contribution in [0.3, 0.4) is 0 Å². The van der Waals surface area contributed by atoms with Crippen LogP contribution in [0.15, 0.2) is 77.7 Å². The average Bonchev–Trinajstić information content (AvgIpc) is 3.17. The van der Waals surface area contributed by atoms with E-state index in [-0.39, 0.29) is 23.4 Å². The molecule has 0 aliphatic carbocycles. The fraction of sp³-hybridized carbons (Fsp3) is 0.207. The third kappa shape index (κ3) is 7.66. The minimum atomic E-state index is -1.15. The molecular formula is C29H26FNO6S2. The summed E-state index contributed by atoms with van der Waals surface area (Å²) in [5.74, 6) is -1.02. The predicted octanol–water partition coefficient (Wildman–Crippen LogP) is 5.50. The number of rotatable bonds is 12. The summed E-state index contributed by atoms with van der Waals surface area (Å²) >= 11 is 6.24. The molecule has 0 bridgehead atoms. The van der Waals surface area contributed by atoms with Crippen LogP contribution in [0.1, 0.15) is 22.8 Å². The highest BCUT2D eigenvalue weighted by Gasteiger charge is 2.33. The molecule has 1 N–H and O–H groups in total. The van der Waals surface area contributed by atoms with Crippen LogP contribution < -0.4 is 9.47 Å². The molecule has 1 fully saturated rings. The largest absolute Gasteiger partial charge is 0.489 e. The number of nitrogens with zero attached hydrogens (tertiary/aromatic N) is 1. The van der Waals surface area contributed by atoms with Crippen molar-refractivity contribution in [3.63, 3.8) is 0 Å². The van der Waals surface area contributed by atoms with Crippen molar-refractivity contribution in [2.45, 2.75) is 12.5 Å². The second-order valence-electron chi connectivity index (χ2n) is 8.57. The van der Waals surface area contributed by atoms with Gasteiger partial charge in [-0.3, -0.25) is 14.5 Å². The first-order chi connectivity index (χ1) is 18.8. The Bertz CT molecular complexity index is 1380. The molecule has 1 amide bonds. The Kier molecular flexibility index (Phi) is 9.69. The Morgan fingerprint density at radius 3 is 2.62 bits per heavy atom. The first kappa shape index (κ1) is 28.3. The Balaban J connectivity index is 1.60. The number of thioether (sulfide) groups is 1. The van der Waals surface area contributed by atoms with E-state index in [2.05, 4.69) is 0 Å². The van der Waals surface area contributed by atoms with E-state index >= 15 is 0 Å². The molecule has 3 aromatic carbocycles. The molecule has 7 nitrogen and oxygen atoms in total. The summed E-state index contributed by atoms with van der Waals surface area (Å²) in [6.45, 7) is 0.0718. The molecule has 0 saturated carbocycles. The van der Waals surface area contributed by atoms with E-state index in [1.54, 1.807) is 37.5 Å². The van der Waals surface area contributed by atoms with Crippen LogP contribution in [0, 0.1) is 5.82 Å². The number of methoxy groups -OCH3 is 1. The van der Waals surface area contributed by atoms with Gasteiger partial charge in [0.25, 0.3) is 5.91 Å². The van der Waals surface area contributed by atoms with Crippen molar-refractivity contribution >= 4 is 46.3 Å². The second kappa shape index (κ2) is 13.4. The Hall–Kier alpha value is -3.73. The maximum absolute atomic E-state index is 13.6. The van der Waals surface area contributed by atoms with Crippen LogP contribution in [-0.4, -0.2) is 53.1 Å². The topological polar surface area (TPSA) is 85.3 Å². The molecule has 202 valence electrons. The van der Waals surface area contributed by atoms with Gasteiger partial charge in [-0.05, 0) is 47.0 Å². The van der Waals surface area contributed by atoms with Crippen molar-refractivity contribution in [3.8, 4) is 11.5 Å². The normalized spacial score (nSPS) is 15.0. The predicted molar refractivity (Wildman–Crippen MR) is 151 cm³/mol. The van der Waals surface area contributed by atoms with Gasteiger partial charge in [0.2, 0.25) is 0 Å². The lowest BCUT2D eigenvalue weighted by atomic mass is 10.1. The van der Waals surface area contributed by atoms with Crippen molar-refractivity contribution < 1.29 is 33.3 Å². The van der Waals surface area contributed by atoms with Gasteiger partial charge < -0.3 is 19.3 Å². The van der Waals surface area contributed by atoms with Crippen molar-refractivity contribution in [3.05, 3.63) is 100 Å². The smallest absolute Gasteiger partial charge is 0.323 e. The summed E-state index contributed by atoms with van der Waals surface area (Å²) in [6, 6.07) is 21.2. The van der Waals surface area contributed by atoms with Gasteiger partial charge in [0, 0.05) is 13.5 Å². The van der Waals surface area contributed by atoms with E-state index in [1.165, 1.54) is 12.1 Å². The lowest BCUT2D eigenvalue weighted by Crippen LogP contribution is -2.33. The highest BCUT2D eigenvalue weighted by molar-refractivity contribution is 8.26. The summed E-state index contributed by atoms with van der Waals surface area (Å²) in [5, 5.41) is 9.09. The highest BCUT2D eigenvalue weighted by Crippen LogP contribution is 2.36. The van der Waals surface area contributed by atoms with E-state index in [0.29, 0.717) is 28.4 Å². The van der Waals surface area contributed by atoms with Crippen LogP contribution in [-0.2, 0) is 20.7 Å². The maximum atomic E-state index is 13.6. The third-order valence-corrected chi connectivity index (χ3v) is 7.11. The molecule has 1 atom stereocenters. The number of hydrogen-bond donors (Lipinski definition) is 1. The molecule has 1 saturated heterocycles. The molecule has 1 aliphatic heterocycles. The minimum Gasteiger partial charge on any atom is -0.489 e. The first-order valence-corrected chi connectivity index (χ1v) is 13.3. The van der Waals surface area contributed by atoms with Crippen LogP contribution in [0.4, 0.5) is 4.39 Å². The molecule has 0 aromatic heterocycles. The lowest BCUT2D eigenvalue weighted by Gasteiger charge is -2.21. The van der Waals surface area contributed by atoms with Gasteiger partial charge in [-0.15, -0.1) is 0 Å². The van der Waals surface area contributed by atoms with E-state index < -0.39 is 24.5 Å². The first-order valence-electron chi connectivity index (χ1n) is 12.0. The summed E-state index contributed by atoms with van der Waals surface area (Å²) < 4.78 is 31.6. The number of amides is 1.